The van der Waals surface area contributed by atoms with Crippen LogP contribution in [-0.4, -0.2) is 65.0 Å². The van der Waals surface area contributed by atoms with Gasteiger partial charge in [-0.05, 0) is 37.6 Å². The number of hydrogen-bond donors (Lipinski definition) is 2. The van der Waals surface area contributed by atoms with E-state index < -0.39 is 0 Å². The van der Waals surface area contributed by atoms with Crippen LogP contribution >= 0.6 is 11.3 Å². The Morgan fingerprint density at radius 1 is 1.02 bits per heavy atom. The molecule has 1 aliphatic heterocycles. The first-order chi connectivity index (χ1) is 19.5. The summed E-state index contributed by atoms with van der Waals surface area (Å²) in [6, 6.07) is 20.5. The summed E-state index contributed by atoms with van der Waals surface area (Å²) in [5.41, 5.74) is 3.77. The van der Waals surface area contributed by atoms with Gasteiger partial charge in [-0.25, -0.2) is 9.67 Å². The molecule has 2 N–H and O–H groups in total. The Hall–Kier alpha value is -3.70. The zero-order valence-electron chi connectivity index (χ0n) is 22.8. The number of anilines is 1. The molecule has 1 amide bonds. The number of ether oxygens (including phenoxy) is 1. The zero-order valence-corrected chi connectivity index (χ0v) is 23.6. The number of thiazole rings is 1. The van der Waals surface area contributed by atoms with Crippen LogP contribution in [0, 0.1) is 0 Å². The average molecular weight is 559 g/mol. The molecule has 9 nitrogen and oxygen atoms in total. The van der Waals surface area contributed by atoms with E-state index in [-0.39, 0.29) is 17.5 Å². The van der Waals surface area contributed by atoms with E-state index in [9.17, 15) is 9.59 Å². The van der Waals surface area contributed by atoms with Gasteiger partial charge in [0, 0.05) is 49.9 Å². The topological polar surface area (TPSA) is 101 Å². The van der Waals surface area contributed by atoms with Crippen molar-refractivity contribution in [2.24, 2.45) is 0 Å². The quantitative estimate of drug-likeness (QED) is 0.280. The van der Waals surface area contributed by atoms with Crippen LogP contribution in [0.1, 0.15) is 35.8 Å². The van der Waals surface area contributed by atoms with Crippen molar-refractivity contribution >= 4 is 22.4 Å². The van der Waals surface area contributed by atoms with Crippen molar-refractivity contribution in [3.05, 3.63) is 88.2 Å². The highest BCUT2D eigenvalue weighted by Gasteiger charge is 2.19. The van der Waals surface area contributed by atoms with Crippen LogP contribution in [0.4, 0.5) is 5.13 Å². The van der Waals surface area contributed by atoms with Gasteiger partial charge < -0.3 is 10.1 Å². The minimum absolute atomic E-state index is 0.0809. The molecule has 0 aliphatic carbocycles. The number of benzene rings is 2. The molecule has 1 aliphatic rings. The first-order valence-electron chi connectivity index (χ1n) is 13.6. The summed E-state index contributed by atoms with van der Waals surface area (Å²) in [7, 11) is 0. The predicted molar refractivity (Wildman–Crippen MR) is 159 cm³/mol. The summed E-state index contributed by atoms with van der Waals surface area (Å²) >= 11 is 1.34. The maximum Gasteiger partial charge on any atom is 0.267 e. The standard InChI is InChI=1S/C30H34N6O3S/c1-21(2)36-26(37)13-12-25(34-36)28-27(23-6-4-3-5-7-23)32-30(40-28)33-29(38)24-10-8-22(9-11-24)20-31-14-15-35-16-18-39-19-17-35/h3-13,21,31H,14-20H2,1-2H3,(H,32,33,38). The molecule has 0 bridgehead atoms. The van der Waals surface area contributed by atoms with Crippen LogP contribution in [0.15, 0.2) is 71.5 Å². The van der Waals surface area contributed by atoms with Gasteiger partial charge in [-0.3, -0.25) is 19.8 Å². The van der Waals surface area contributed by atoms with Gasteiger partial charge in [-0.15, -0.1) is 0 Å². The Kier molecular flexibility index (Phi) is 9.12. The third-order valence-corrected chi connectivity index (χ3v) is 7.69. The fraction of sp³-hybridized carbons (Fsp3) is 0.333. The molecule has 1 saturated heterocycles. The van der Waals surface area contributed by atoms with Gasteiger partial charge in [0.25, 0.3) is 11.5 Å². The average Bonchev–Trinajstić information content (AvgIpc) is 3.40. The molecule has 2 aromatic carbocycles. The molecule has 0 unspecified atom stereocenters. The minimum Gasteiger partial charge on any atom is -0.379 e. The van der Waals surface area contributed by atoms with Crippen LogP contribution in [-0.2, 0) is 11.3 Å². The van der Waals surface area contributed by atoms with Crippen LogP contribution in [0.5, 0.6) is 0 Å². The highest BCUT2D eigenvalue weighted by atomic mass is 32.1. The third kappa shape index (κ3) is 6.89. The molecule has 40 heavy (non-hydrogen) atoms. The van der Waals surface area contributed by atoms with Gasteiger partial charge in [0.15, 0.2) is 5.13 Å². The van der Waals surface area contributed by atoms with Crippen LogP contribution < -0.4 is 16.2 Å². The molecule has 5 rings (SSSR count). The maximum atomic E-state index is 13.1. The molecule has 3 heterocycles. The maximum absolute atomic E-state index is 13.1. The number of nitrogens with one attached hydrogen (secondary N) is 2. The van der Waals surface area contributed by atoms with E-state index in [1.54, 1.807) is 6.07 Å². The molecule has 4 aromatic rings. The lowest BCUT2D eigenvalue weighted by atomic mass is 10.1. The van der Waals surface area contributed by atoms with E-state index in [0.717, 1.165) is 61.9 Å². The molecule has 10 heteroatoms. The SMILES string of the molecule is CC(C)n1nc(-c2sc(NC(=O)c3ccc(CNCCN4CCOCC4)cc3)nc2-c2ccccc2)ccc1=O. The Morgan fingerprint density at radius 2 is 1.77 bits per heavy atom. The molecule has 1 fully saturated rings. The Bertz CT molecular complexity index is 1480. The van der Waals surface area contributed by atoms with Crippen molar-refractivity contribution in [1.82, 2.24) is 25.0 Å². The summed E-state index contributed by atoms with van der Waals surface area (Å²) in [5, 5.41) is 11.5. The summed E-state index contributed by atoms with van der Waals surface area (Å²) in [6.45, 7) is 10.1. The number of aromatic nitrogens is 3. The van der Waals surface area contributed by atoms with Crippen molar-refractivity contribution in [3.63, 3.8) is 0 Å². The summed E-state index contributed by atoms with van der Waals surface area (Å²) in [6.07, 6.45) is 0. The first-order valence-corrected chi connectivity index (χ1v) is 14.4. The minimum atomic E-state index is -0.230. The van der Waals surface area contributed by atoms with E-state index in [1.807, 2.05) is 68.4 Å². The van der Waals surface area contributed by atoms with E-state index in [4.69, 9.17) is 9.72 Å². The second-order valence-electron chi connectivity index (χ2n) is 9.94. The van der Waals surface area contributed by atoms with E-state index in [1.165, 1.54) is 22.1 Å². The van der Waals surface area contributed by atoms with Gasteiger partial charge in [-0.1, -0.05) is 53.8 Å². The highest BCUT2D eigenvalue weighted by molar-refractivity contribution is 7.19. The normalized spacial score (nSPS) is 14.0. The van der Waals surface area contributed by atoms with Gasteiger partial charge in [-0.2, -0.15) is 5.10 Å². The summed E-state index contributed by atoms with van der Waals surface area (Å²) in [4.78, 5) is 33.3. The third-order valence-electron chi connectivity index (χ3n) is 6.70. The lowest BCUT2D eigenvalue weighted by Crippen LogP contribution is -2.40. The van der Waals surface area contributed by atoms with Crippen molar-refractivity contribution in [3.8, 4) is 21.8 Å². The number of morpholine rings is 1. The fourth-order valence-corrected chi connectivity index (χ4v) is 5.44. The van der Waals surface area contributed by atoms with Crippen molar-refractivity contribution < 1.29 is 9.53 Å². The fourth-order valence-electron chi connectivity index (χ4n) is 4.49. The van der Waals surface area contributed by atoms with Gasteiger partial charge in [0.2, 0.25) is 0 Å². The number of amides is 1. The monoisotopic (exact) mass is 558 g/mol. The number of carbonyl (C=O) groups excluding carboxylic acids is 1. The van der Waals surface area contributed by atoms with Crippen LogP contribution in [0.3, 0.4) is 0 Å². The van der Waals surface area contributed by atoms with Crippen LogP contribution in [0.2, 0.25) is 0 Å². The summed E-state index contributed by atoms with van der Waals surface area (Å²) < 4.78 is 6.85. The molecule has 0 spiro atoms. The molecule has 0 saturated carbocycles. The second-order valence-corrected chi connectivity index (χ2v) is 10.9. The molecule has 0 radical (unpaired) electrons. The molecular weight excluding hydrogens is 524 g/mol. The number of carbonyl (C=O) groups is 1. The van der Waals surface area contributed by atoms with Crippen molar-refractivity contribution in [2.75, 3.05) is 44.7 Å². The van der Waals surface area contributed by atoms with Crippen molar-refractivity contribution in [2.45, 2.75) is 26.4 Å². The second kappa shape index (κ2) is 13.1. The van der Waals surface area contributed by atoms with Gasteiger partial charge in [0.1, 0.15) is 5.69 Å². The zero-order chi connectivity index (χ0) is 27.9. The number of nitrogens with zero attached hydrogens (tertiary/aromatic N) is 4. The van der Waals surface area contributed by atoms with E-state index in [0.29, 0.717) is 22.1 Å². The molecule has 0 atom stereocenters. The largest absolute Gasteiger partial charge is 0.379 e. The van der Waals surface area contributed by atoms with Crippen molar-refractivity contribution in [1.29, 1.82) is 0 Å². The first kappa shape index (κ1) is 27.9. The number of hydrogen-bond acceptors (Lipinski definition) is 8. The van der Waals surface area contributed by atoms with Crippen LogP contribution in [0.25, 0.3) is 21.8 Å². The lowest BCUT2D eigenvalue weighted by molar-refractivity contribution is 0.0384. The molecule has 208 valence electrons. The lowest BCUT2D eigenvalue weighted by Gasteiger charge is -2.26. The van der Waals surface area contributed by atoms with E-state index in [2.05, 4.69) is 20.6 Å². The summed E-state index contributed by atoms with van der Waals surface area (Å²) in [5.74, 6) is -0.230. The number of rotatable bonds is 10. The smallest absolute Gasteiger partial charge is 0.267 e. The molecule has 2 aromatic heterocycles. The predicted octanol–water partition coefficient (Wildman–Crippen LogP) is 4.29. The highest BCUT2D eigenvalue weighted by Crippen LogP contribution is 2.38. The van der Waals surface area contributed by atoms with Gasteiger partial charge >= 0.3 is 0 Å². The molecular formula is C30H34N6O3S. The van der Waals surface area contributed by atoms with E-state index >= 15 is 0 Å². The Labute approximate surface area is 237 Å². The Morgan fingerprint density at radius 3 is 2.50 bits per heavy atom. The van der Waals surface area contributed by atoms with Gasteiger partial charge in [0.05, 0.1) is 29.8 Å². The Balaban J connectivity index is 1.28.